The van der Waals surface area contributed by atoms with Crippen molar-refractivity contribution in [2.75, 3.05) is 0 Å². The van der Waals surface area contributed by atoms with E-state index in [0.717, 1.165) is 0 Å². The molecular formula is C14H17N. The summed E-state index contributed by atoms with van der Waals surface area (Å²) in [5.41, 5.74) is 4.54. The fourth-order valence-corrected chi connectivity index (χ4v) is 3.14. The lowest BCUT2D eigenvalue weighted by Gasteiger charge is -2.37. The molecular weight excluding hydrogens is 182 g/mol. The fraction of sp³-hybridized carbons (Fsp3) is 0.500. The van der Waals surface area contributed by atoms with E-state index in [1.165, 1.54) is 29.7 Å². The molecule has 15 heavy (non-hydrogen) atoms. The first-order chi connectivity index (χ1) is 7.07. The molecule has 1 aliphatic heterocycles. The van der Waals surface area contributed by atoms with Crippen molar-refractivity contribution in [3.05, 3.63) is 35.4 Å². The Morgan fingerprint density at radius 1 is 1.13 bits per heavy atom. The highest BCUT2D eigenvalue weighted by molar-refractivity contribution is 6.02. The largest absolute Gasteiger partial charge is 0.282 e. The summed E-state index contributed by atoms with van der Waals surface area (Å²) in [6.45, 7) is 6.69. The second-order valence-electron chi connectivity index (χ2n) is 5.38. The second-order valence-corrected chi connectivity index (χ2v) is 5.38. The van der Waals surface area contributed by atoms with Crippen LogP contribution in [0, 0.1) is 0 Å². The Kier molecular flexibility index (Phi) is 1.54. The summed E-state index contributed by atoms with van der Waals surface area (Å²) >= 11 is 0. The molecule has 3 rings (SSSR count). The van der Waals surface area contributed by atoms with Crippen LogP contribution in [0.5, 0.6) is 0 Å². The van der Waals surface area contributed by atoms with Crippen LogP contribution in [-0.4, -0.2) is 11.3 Å². The van der Waals surface area contributed by atoms with Gasteiger partial charge in [0.15, 0.2) is 0 Å². The van der Waals surface area contributed by atoms with Gasteiger partial charge in [-0.15, -0.1) is 0 Å². The van der Waals surface area contributed by atoms with E-state index in [1.54, 1.807) is 0 Å². The third-order valence-electron chi connectivity index (χ3n) is 4.20. The van der Waals surface area contributed by atoms with Gasteiger partial charge in [-0.1, -0.05) is 24.3 Å². The van der Waals surface area contributed by atoms with Gasteiger partial charge in [0.2, 0.25) is 0 Å². The molecule has 0 N–H and O–H groups in total. The maximum Gasteiger partial charge on any atom is 0.0651 e. The van der Waals surface area contributed by atoms with Crippen LogP contribution in [0.2, 0.25) is 0 Å². The van der Waals surface area contributed by atoms with Crippen LogP contribution in [-0.2, 0) is 5.41 Å². The number of hydrogen-bond acceptors (Lipinski definition) is 1. The van der Waals surface area contributed by atoms with Gasteiger partial charge in [0, 0.05) is 11.1 Å². The Labute approximate surface area is 91.2 Å². The minimum absolute atomic E-state index is 0.0887. The zero-order chi connectivity index (χ0) is 10.7. The zero-order valence-corrected chi connectivity index (χ0v) is 9.67. The molecule has 1 aliphatic carbocycles. The van der Waals surface area contributed by atoms with Gasteiger partial charge in [-0.2, -0.15) is 0 Å². The molecule has 1 spiro atoms. The van der Waals surface area contributed by atoms with E-state index in [0.29, 0.717) is 5.41 Å². The third-order valence-corrected chi connectivity index (χ3v) is 4.20. The van der Waals surface area contributed by atoms with Gasteiger partial charge in [0.1, 0.15) is 0 Å². The van der Waals surface area contributed by atoms with Crippen molar-refractivity contribution in [1.29, 1.82) is 0 Å². The van der Waals surface area contributed by atoms with Gasteiger partial charge in [-0.3, -0.25) is 4.99 Å². The van der Waals surface area contributed by atoms with Gasteiger partial charge in [0.05, 0.1) is 5.54 Å². The van der Waals surface area contributed by atoms with E-state index in [4.69, 9.17) is 4.99 Å². The average Bonchev–Trinajstić information content (AvgIpc) is 2.96. The number of fused-ring (bicyclic) bond motifs is 2. The number of benzene rings is 1. The summed E-state index contributed by atoms with van der Waals surface area (Å²) in [4.78, 5) is 4.89. The number of rotatable bonds is 0. The molecule has 0 amide bonds. The highest BCUT2D eigenvalue weighted by atomic mass is 14.9. The third kappa shape index (κ3) is 1.01. The van der Waals surface area contributed by atoms with Crippen LogP contribution >= 0.6 is 0 Å². The Bertz CT molecular complexity index is 450. The molecule has 0 atom stereocenters. The molecule has 1 nitrogen and oxygen atoms in total. The summed E-state index contributed by atoms with van der Waals surface area (Å²) in [5, 5.41) is 0. The van der Waals surface area contributed by atoms with E-state index in [9.17, 15) is 0 Å². The van der Waals surface area contributed by atoms with E-state index < -0.39 is 0 Å². The van der Waals surface area contributed by atoms with Crippen LogP contribution in [0.15, 0.2) is 29.3 Å². The highest BCUT2D eigenvalue weighted by Gasteiger charge is 2.58. The Morgan fingerprint density at radius 2 is 1.80 bits per heavy atom. The molecule has 1 saturated carbocycles. The lowest BCUT2D eigenvalue weighted by atomic mass is 9.74. The van der Waals surface area contributed by atoms with Gasteiger partial charge >= 0.3 is 0 Å². The van der Waals surface area contributed by atoms with Gasteiger partial charge in [-0.05, 0) is 44.7 Å². The summed E-state index contributed by atoms with van der Waals surface area (Å²) in [6, 6.07) is 8.78. The van der Waals surface area contributed by atoms with Gasteiger partial charge < -0.3 is 0 Å². The van der Waals surface area contributed by atoms with Crippen LogP contribution in [0.25, 0.3) is 0 Å². The topological polar surface area (TPSA) is 12.4 Å². The molecule has 0 unspecified atom stereocenters. The average molecular weight is 199 g/mol. The fourth-order valence-electron chi connectivity index (χ4n) is 3.14. The minimum Gasteiger partial charge on any atom is -0.282 e. The summed E-state index contributed by atoms with van der Waals surface area (Å²) < 4.78 is 0. The molecule has 0 aromatic heterocycles. The maximum absolute atomic E-state index is 4.89. The van der Waals surface area contributed by atoms with Crippen molar-refractivity contribution in [2.24, 2.45) is 4.99 Å². The smallest absolute Gasteiger partial charge is 0.0651 e. The van der Waals surface area contributed by atoms with E-state index in [1.807, 2.05) is 0 Å². The molecule has 1 fully saturated rings. The molecule has 0 bridgehead atoms. The van der Waals surface area contributed by atoms with Crippen molar-refractivity contribution in [3.63, 3.8) is 0 Å². The first-order valence-corrected chi connectivity index (χ1v) is 5.73. The SMILES string of the molecule is CC1=NC(C)(C)C2(CC2)c2ccccc21. The zero-order valence-electron chi connectivity index (χ0n) is 9.67. The van der Waals surface area contributed by atoms with Crippen molar-refractivity contribution in [1.82, 2.24) is 0 Å². The minimum atomic E-state index is 0.0887. The lowest BCUT2D eigenvalue weighted by Crippen LogP contribution is -2.39. The molecule has 78 valence electrons. The van der Waals surface area contributed by atoms with Crippen LogP contribution in [0.3, 0.4) is 0 Å². The van der Waals surface area contributed by atoms with Crippen molar-refractivity contribution in [2.45, 2.75) is 44.6 Å². The predicted molar refractivity (Wildman–Crippen MR) is 63.6 cm³/mol. The van der Waals surface area contributed by atoms with E-state index >= 15 is 0 Å². The summed E-state index contributed by atoms with van der Waals surface area (Å²) in [7, 11) is 0. The Hall–Kier alpha value is -1.11. The first-order valence-electron chi connectivity index (χ1n) is 5.73. The monoisotopic (exact) mass is 199 g/mol. The standard InChI is InChI=1S/C14H17N/c1-10-11-6-4-5-7-12(11)14(8-9-14)13(2,3)15-10/h4-7H,8-9H2,1-3H3. The van der Waals surface area contributed by atoms with Crippen molar-refractivity contribution in [3.8, 4) is 0 Å². The van der Waals surface area contributed by atoms with Gasteiger partial charge in [-0.25, -0.2) is 0 Å². The van der Waals surface area contributed by atoms with Crippen molar-refractivity contribution >= 4 is 5.71 Å². The number of hydrogen-bond donors (Lipinski definition) is 0. The van der Waals surface area contributed by atoms with E-state index in [-0.39, 0.29) is 5.54 Å². The van der Waals surface area contributed by atoms with Crippen LogP contribution in [0.4, 0.5) is 0 Å². The lowest BCUT2D eigenvalue weighted by molar-refractivity contribution is 0.388. The molecule has 0 saturated heterocycles. The molecule has 1 heterocycles. The normalized spacial score (nSPS) is 24.6. The Balaban J connectivity index is 2.29. The van der Waals surface area contributed by atoms with Gasteiger partial charge in [0.25, 0.3) is 0 Å². The molecule has 1 aromatic carbocycles. The van der Waals surface area contributed by atoms with Crippen LogP contribution in [0.1, 0.15) is 44.7 Å². The number of aliphatic imine (C=N–C) groups is 1. The van der Waals surface area contributed by atoms with Crippen molar-refractivity contribution < 1.29 is 0 Å². The summed E-state index contributed by atoms with van der Waals surface area (Å²) in [5.74, 6) is 0. The molecule has 2 aliphatic rings. The maximum atomic E-state index is 4.89. The molecule has 0 radical (unpaired) electrons. The second kappa shape index (κ2) is 2.52. The van der Waals surface area contributed by atoms with E-state index in [2.05, 4.69) is 45.0 Å². The number of nitrogens with zero attached hydrogens (tertiary/aromatic N) is 1. The Morgan fingerprint density at radius 3 is 2.47 bits per heavy atom. The molecule has 1 heteroatoms. The van der Waals surface area contributed by atoms with Crippen LogP contribution < -0.4 is 0 Å². The predicted octanol–water partition coefficient (Wildman–Crippen LogP) is 3.32. The molecule has 1 aromatic rings. The highest BCUT2D eigenvalue weighted by Crippen LogP contribution is 2.59. The summed E-state index contributed by atoms with van der Waals surface area (Å²) in [6.07, 6.45) is 2.60. The quantitative estimate of drug-likeness (QED) is 0.608. The first kappa shape index (κ1) is 9.14.